The molecule has 3 N–H and O–H groups in total. The second kappa shape index (κ2) is 58.7. The fourth-order valence-electron chi connectivity index (χ4n) is 9.76. The van der Waals surface area contributed by atoms with Gasteiger partial charge in [0.25, 0.3) is 0 Å². The minimum absolute atomic E-state index is 0.102. The maximum atomic E-state index is 13.0. The summed E-state index contributed by atoms with van der Waals surface area (Å²) in [6.45, 7) is 7.08. The molecule has 0 aliphatic rings. The zero-order valence-electron chi connectivity index (χ0n) is 54.0. The molecular weight excluding hydrogens is 1110 g/mol. The Labute approximate surface area is 511 Å². The highest BCUT2D eigenvalue weighted by molar-refractivity contribution is 7.47. The standard InChI is InChI=1S/C65H126O17P2/c1-6-9-12-15-18-20-22-24-26-28-30-33-39-44-49-63(68)76-55-60(81-64(69)50-45-40-34-31-29-27-25-23-21-19-16-13-10-7-2)56-79-83(71,72)77-52-59(66)53-78-84(73,74)80-57-61(54-75-62(67)48-43-38-32-17-14-11-8-3)82-65(70)51-46-41-36-35-37-42-47-58(4)5/h58-61,66H,6-57H2,1-5H3,(H,71,72)(H,73,74)/t59-,60-,61-/m1/s1. The number of unbranched alkanes of at least 4 members (excludes halogenated alkanes) is 37. The van der Waals surface area contributed by atoms with Crippen molar-refractivity contribution in [2.45, 2.75) is 348 Å². The highest BCUT2D eigenvalue weighted by Gasteiger charge is 2.30. The van der Waals surface area contributed by atoms with Crippen LogP contribution in [0.15, 0.2) is 0 Å². The number of hydrogen-bond acceptors (Lipinski definition) is 15. The van der Waals surface area contributed by atoms with Gasteiger partial charge in [0.2, 0.25) is 0 Å². The van der Waals surface area contributed by atoms with Crippen LogP contribution in [-0.4, -0.2) is 96.7 Å². The summed E-state index contributed by atoms with van der Waals surface area (Å²) in [7, 11) is -9.88. The van der Waals surface area contributed by atoms with Crippen LogP contribution in [-0.2, 0) is 65.4 Å². The van der Waals surface area contributed by atoms with E-state index in [4.69, 9.17) is 37.0 Å². The molecule has 0 rings (SSSR count). The van der Waals surface area contributed by atoms with Crippen molar-refractivity contribution in [2.75, 3.05) is 39.6 Å². The monoisotopic (exact) mass is 1240 g/mol. The van der Waals surface area contributed by atoms with Crippen molar-refractivity contribution in [3.8, 4) is 0 Å². The summed E-state index contributed by atoms with van der Waals surface area (Å²) in [6.07, 6.45) is 43.3. The number of phosphoric acid groups is 2. The van der Waals surface area contributed by atoms with Gasteiger partial charge in [-0.05, 0) is 31.6 Å². The molecule has 0 aliphatic carbocycles. The molecule has 17 nitrogen and oxygen atoms in total. The van der Waals surface area contributed by atoms with E-state index in [0.717, 1.165) is 103 Å². The van der Waals surface area contributed by atoms with Crippen molar-refractivity contribution in [1.29, 1.82) is 0 Å². The first kappa shape index (κ1) is 82.1. The second-order valence-electron chi connectivity index (χ2n) is 24.0. The van der Waals surface area contributed by atoms with Gasteiger partial charge < -0.3 is 33.8 Å². The molecule has 0 heterocycles. The van der Waals surface area contributed by atoms with Crippen LogP contribution in [0.3, 0.4) is 0 Å². The zero-order valence-corrected chi connectivity index (χ0v) is 55.8. The smallest absolute Gasteiger partial charge is 0.462 e. The van der Waals surface area contributed by atoms with E-state index >= 15 is 0 Å². The molecule has 0 amide bonds. The third-order valence-electron chi connectivity index (χ3n) is 15.0. The maximum Gasteiger partial charge on any atom is 0.472 e. The molecule has 5 atom stereocenters. The molecule has 0 spiro atoms. The Hall–Kier alpha value is -1.94. The molecule has 0 saturated heterocycles. The van der Waals surface area contributed by atoms with E-state index in [9.17, 15) is 43.2 Å². The predicted octanol–water partition coefficient (Wildman–Crippen LogP) is 18.2. The SMILES string of the molecule is CCCCCCCCCCCCCCCCC(=O)OC[C@H](COP(=O)(O)OC[C@@H](O)COP(=O)(O)OC[C@@H](COC(=O)CCCCCCCCC)OC(=O)CCCCCCCCC(C)C)OC(=O)CCCCCCCCCCCCCCCC. The van der Waals surface area contributed by atoms with E-state index < -0.39 is 97.5 Å². The van der Waals surface area contributed by atoms with Crippen molar-refractivity contribution in [2.24, 2.45) is 5.92 Å². The van der Waals surface area contributed by atoms with Gasteiger partial charge in [-0.3, -0.25) is 37.3 Å². The van der Waals surface area contributed by atoms with Gasteiger partial charge in [-0.1, -0.05) is 279 Å². The molecule has 0 saturated carbocycles. The van der Waals surface area contributed by atoms with Gasteiger partial charge in [0, 0.05) is 25.7 Å². The molecule has 0 aromatic rings. The zero-order chi connectivity index (χ0) is 62.0. The Morgan fingerprint density at radius 3 is 0.810 bits per heavy atom. The van der Waals surface area contributed by atoms with Gasteiger partial charge in [-0.15, -0.1) is 0 Å². The average molecular weight is 1240 g/mol. The molecule has 0 aliphatic heterocycles. The molecule has 84 heavy (non-hydrogen) atoms. The fourth-order valence-corrected chi connectivity index (χ4v) is 11.3. The van der Waals surface area contributed by atoms with Gasteiger partial charge in [0.15, 0.2) is 12.2 Å². The number of aliphatic hydroxyl groups excluding tert-OH is 1. The summed E-state index contributed by atoms with van der Waals surface area (Å²) < 4.78 is 67.9. The highest BCUT2D eigenvalue weighted by atomic mass is 31.2. The quantitative estimate of drug-likeness (QED) is 0.0222. The van der Waals surface area contributed by atoms with Crippen LogP contribution >= 0.6 is 15.6 Å². The third kappa shape index (κ3) is 59.0. The Balaban J connectivity index is 5.20. The van der Waals surface area contributed by atoms with Gasteiger partial charge in [0.1, 0.15) is 19.3 Å². The lowest BCUT2D eigenvalue weighted by Crippen LogP contribution is -2.30. The summed E-state index contributed by atoms with van der Waals surface area (Å²) >= 11 is 0. The number of carbonyl (C=O) groups is 4. The van der Waals surface area contributed by atoms with E-state index in [0.29, 0.717) is 31.6 Å². The summed E-state index contributed by atoms with van der Waals surface area (Å²) in [5.41, 5.74) is 0. The van der Waals surface area contributed by atoms with Crippen molar-refractivity contribution in [1.82, 2.24) is 0 Å². The van der Waals surface area contributed by atoms with Crippen LogP contribution in [0.5, 0.6) is 0 Å². The first-order chi connectivity index (χ1) is 40.5. The normalized spacial score (nSPS) is 14.2. The van der Waals surface area contributed by atoms with Crippen LogP contribution in [0.2, 0.25) is 0 Å². The number of esters is 4. The lowest BCUT2D eigenvalue weighted by molar-refractivity contribution is -0.161. The van der Waals surface area contributed by atoms with Crippen molar-refractivity contribution < 1.29 is 80.2 Å². The first-order valence-electron chi connectivity index (χ1n) is 34.1. The molecule has 19 heteroatoms. The average Bonchev–Trinajstić information content (AvgIpc) is 3.58. The molecule has 0 aromatic heterocycles. The Morgan fingerprint density at radius 1 is 0.321 bits per heavy atom. The first-order valence-corrected chi connectivity index (χ1v) is 37.1. The Kier molecular flexibility index (Phi) is 57.4. The summed E-state index contributed by atoms with van der Waals surface area (Å²) in [5, 5.41) is 10.5. The molecule has 0 aromatic carbocycles. The van der Waals surface area contributed by atoms with Crippen LogP contribution in [0.25, 0.3) is 0 Å². The third-order valence-corrected chi connectivity index (χ3v) is 16.9. The van der Waals surface area contributed by atoms with Gasteiger partial charge >= 0.3 is 39.5 Å². The fraction of sp³-hybridized carbons (Fsp3) is 0.938. The number of phosphoric ester groups is 2. The molecule has 0 fully saturated rings. The van der Waals surface area contributed by atoms with Crippen LogP contribution in [0, 0.1) is 5.92 Å². The molecule has 2 unspecified atom stereocenters. The van der Waals surface area contributed by atoms with E-state index in [1.54, 1.807) is 0 Å². The summed E-state index contributed by atoms with van der Waals surface area (Å²) in [4.78, 5) is 72.1. The van der Waals surface area contributed by atoms with Crippen molar-refractivity contribution in [3.63, 3.8) is 0 Å². The Morgan fingerprint density at radius 2 is 0.548 bits per heavy atom. The number of rotatable bonds is 65. The number of aliphatic hydroxyl groups is 1. The Bertz CT molecular complexity index is 1640. The lowest BCUT2D eigenvalue weighted by Gasteiger charge is -2.21. The van der Waals surface area contributed by atoms with Gasteiger partial charge in [-0.25, -0.2) is 9.13 Å². The van der Waals surface area contributed by atoms with E-state index in [1.165, 1.54) is 141 Å². The number of carbonyl (C=O) groups excluding carboxylic acids is 4. The van der Waals surface area contributed by atoms with E-state index in [-0.39, 0.29) is 25.7 Å². The minimum Gasteiger partial charge on any atom is -0.462 e. The number of hydrogen-bond donors (Lipinski definition) is 3. The van der Waals surface area contributed by atoms with Crippen LogP contribution in [0.1, 0.15) is 330 Å². The largest absolute Gasteiger partial charge is 0.472 e. The van der Waals surface area contributed by atoms with Crippen molar-refractivity contribution >= 4 is 39.5 Å². The van der Waals surface area contributed by atoms with Crippen LogP contribution < -0.4 is 0 Å². The van der Waals surface area contributed by atoms with E-state index in [1.807, 2.05) is 0 Å². The maximum absolute atomic E-state index is 13.0. The van der Waals surface area contributed by atoms with E-state index in [2.05, 4.69) is 34.6 Å². The summed E-state index contributed by atoms with van der Waals surface area (Å²) in [6, 6.07) is 0. The minimum atomic E-state index is -4.94. The van der Waals surface area contributed by atoms with Crippen molar-refractivity contribution in [3.05, 3.63) is 0 Å². The molecule has 498 valence electrons. The lowest BCUT2D eigenvalue weighted by atomic mass is 10.0. The predicted molar refractivity (Wildman–Crippen MR) is 335 cm³/mol. The van der Waals surface area contributed by atoms with Gasteiger partial charge in [-0.2, -0.15) is 0 Å². The molecule has 0 radical (unpaired) electrons. The number of ether oxygens (including phenoxy) is 4. The second-order valence-corrected chi connectivity index (χ2v) is 26.9. The van der Waals surface area contributed by atoms with Crippen LogP contribution in [0.4, 0.5) is 0 Å². The molecular formula is C65H126O17P2. The van der Waals surface area contributed by atoms with Gasteiger partial charge in [0.05, 0.1) is 26.4 Å². The molecule has 0 bridgehead atoms. The topological polar surface area (TPSA) is 237 Å². The highest BCUT2D eigenvalue weighted by Crippen LogP contribution is 2.45. The summed E-state index contributed by atoms with van der Waals surface area (Å²) in [5.74, 6) is -1.47.